The fraction of sp³-hybridized carbons (Fsp3) is 0.727. The second kappa shape index (κ2) is 6.88. The van der Waals surface area contributed by atoms with Gasteiger partial charge in [0.25, 0.3) is 0 Å². The molecule has 17 heavy (non-hydrogen) atoms. The number of nitrogens with one attached hydrogen (secondary N) is 1. The standard InChI is InChI=1S/C11H19NO5/c1-11(2,3)17-10(15)12-8(5-6-13)7-9(14)16-4/h6,8H,5,7H2,1-4H3,(H,12,15)/t8-/m0/s1. The van der Waals surface area contributed by atoms with E-state index in [-0.39, 0.29) is 12.8 Å². The molecule has 0 aliphatic carbocycles. The molecule has 0 fully saturated rings. The normalized spacial score (nSPS) is 12.5. The van der Waals surface area contributed by atoms with Crippen molar-refractivity contribution in [2.45, 2.75) is 45.3 Å². The average Bonchev–Trinajstić information content (AvgIpc) is 2.14. The van der Waals surface area contributed by atoms with E-state index in [2.05, 4.69) is 10.1 Å². The Morgan fingerprint density at radius 2 is 1.94 bits per heavy atom. The molecule has 0 heterocycles. The van der Waals surface area contributed by atoms with E-state index in [0.717, 1.165) is 0 Å². The Morgan fingerprint density at radius 3 is 2.35 bits per heavy atom. The number of amides is 1. The van der Waals surface area contributed by atoms with Crippen LogP contribution in [-0.4, -0.2) is 37.1 Å². The molecule has 0 unspecified atom stereocenters. The lowest BCUT2D eigenvalue weighted by Crippen LogP contribution is -2.40. The van der Waals surface area contributed by atoms with Gasteiger partial charge in [-0.25, -0.2) is 4.79 Å². The van der Waals surface area contributed by atoms with Crippen molar-refractivity contribution in [3.05, 3.63) is 0 Å². The second-order valence-electron chi connectivity index (χ2n) is 4.53. The maximum atomic E-state index is 11.4. The maximum Gasteiger partial charge on any atom is 0.407 e. The van der Waals surface area contributed by atoms with Gasteiger partial charge in [-0.05, 0) is 20.8 Å². The van der Waals surface area contributed by atoms with E-state index in [9.17, 15) is 14.4 Å². The van der Waals surface area contributed by atoms with Crippen molar-refractivity contribution in [1.82, 2.24) is 5.32 Å². The Balaban J connectivity index is 4.29. The molecule has 0 aliphatic rings. The summed E-state index contributed by atoms with van der Waals surface area (Å²) >= 11 is 0. The number of esters is 1. The lowest BCUT2D eigenvalue weighted by atomic mass is 10.1. The van der Waals surface area contributed by atoms with E-state index in [1.54, 1.807) is 20.8 Å². The van der Waals surface area contributed by atoms with Crippen LogP contribution in [0.25, 0.3) is 0 Å². The van der Waals surface area contributed by atoms with E-state index >= 15 is 0 Å². The number of carbonyl (C=O) groups is 3. The summed E-state index contributed by atoms with van der Waals surface area (Å²) in [7, 11) is 1.24. The van der Waals surface area contributed by atoms with Crippen LogP contribution in [0.1, 0.15) is 33.6 Å². The van der Waals surface area contributed by atoms with Crippen LogP contribution in [0.5, 0.6) is 0 Å². The first-order valence-corrected chi connectivity index (χ1v) is 5.28. The Kier molecular flexibility index (Phi) is 6.23. The van der Waals surface area contributed by atoms with Crippen molar-refractivity contribution >= 4 is 18.3 Å². The van der Waals surface area contributed by atoms with Crippen LogP contribution in [0.4, 0.5) is 4.79 Å². The molecule has 0 aromatic carbocycles. The molecule has 0 rings (SSSR count). The molecule has 0 spiro atoms. The van der Waals surface area contributed by atoms with Crippen molar-refractivity contribution in [3.63, 3.8) is 0 Å². The van der Waals surface area contributed by atoms with Gasteiger partial charge in [-0.2, -0.15) is 0 Å². The Labute approximate surface area is 101 Å². The summed E-state index contributed by atoms with van der Waals surface area (Å²) in [6.45, 7) is 5.17. The summed E-state index contributed by atoms with van der Waals surface area (Å²) in [5.74, 6) is -0.493. The molecule has 98 valence electrons. The minimum atomic E-state index is -0.659. The fourth-order valence-corrected chi connectivity index (χ4v) is 1.07. The van der Waals surface area contributed by atoms with Crippen LogP contribution in [0.15, 0.2) is 0 Å². The van der Waals surface area contributed by atoms with Crippen LogP contribution < -0.4 is 5.32 Å². The highest BCUT2D eigenvalue weighted by atomic mass is 16.6. The molecule has 1 amide bonds. The van der Waals surface area contributed by atoms with Crippen LogP contribution in [0.3, 0.4) is 0 Å². The van der Waals surface area contributed by atoms with Gasteiger partial charge < -0.3 is 19.6 Å². The van der Waals surface area contributed by atoms with Crippen molar-refractivity contribution in [3.8, 4) is 0 Å². The second-order valence-corrected chi connectivity index (χ2v) is 4.53. The smallest absolute Gasteiger partial charge is 0.407 e. The largest absolute Gasteiger partial charge is 0.469 e. The summed E-state index contributed by atoms with van der Waals surface area (Å²) in [6, 6.07) is -0.602. The summed E-state index contributed by atoms with van der Waals surface area (Å²) in [5, 5.41) is 2.45. The fourth-order valence-electron chi connectivity index (χ4n) is 1.07. The summed E-state index contributed by atoms with van der Waals surface area (Å²) in [6.07, 6.45) is -0.0541. The molecular formula is C11H19NO5. The Hall–Kier alpha value is -1.59. The van der Waals surface area contributed by atoms with Gasteiger partial charge >= 0.3 is 12.1 Å². The number of aldehydes is 1. The minimum absolute atomic E-state index is 0.0361. The summed E-state index contributed by atoms with van der Waals surface area (Å²) < 4.78 is 9.47. The van der Waals surface area contributed by atoms with E-state index < -0.39 is 23.7 Å². The molecule has 0 saturated carbocycles. The first-order valence-electron chi connectivity index (χ1n) is 5.28. The number of rotatable bonds is 5. The number of hydrogen-bond donors (Lipinski definition) is 1. The molecular weight excluding hydrogens is 226 g/mol. The summed E-state index contributed by atoms with van der Waals surface area (Å²) in [4.78, 5) is 32.9. The molecule has 1 atom stereocenters. The van der Waals surface area contributed by atoms with E-state index in [4.69, 9.17) is 4.74 Å². The maximum absolute atomic E-state index is 11.4. The molecule has 1 N–H and O–H groups in total. The third kappa shape index (κ3) is 8.24. The quantitative estimate of drug-likeness (QED) is 0.578. The van der Waals surface area contributed by atoms with Gasteiger partial charge in [0.1, 0.15) is 11.9 Å². The topological polar surface area (TPSA) is 81.7 Å². The first kappa shape index (κ1) is 15.4. The molecule has 0 aliphatic heterocycles. The van der Waals surface area contributed by atoms with Crippen molar-refractivity contribution in [2.75, 3.05) is 7.11 Å². The van der Waals surface area contributed by atoms with Crippen molar-refractivity contribution in [2.24, 2.45) is 0 Å². The highest BCUT2D eigenvalue weighted by Gasteiger charge is 2.21. The zero-order valence-corrected chi connectivity index (χ0v) is 10.6. The predicted molar refractivity (Wildman–Crippen MR) is 60.5 cm³/mol. The zero-order chi connectivity index (χ0) is 13.5. The molecule has 0 radical (unpaired) electrons. The van der Waals surface area contributed by atoms with E-state index in [1.807, 2.05) is 0 Å². The van der Waals surface area contributed by atoms with Crippen LogP contribution in [0, 0.1) is 0 Å². The Bertz CT molecular complexity index is 282. The van der Waals surface area contributed by atoms with Gasteiger partial charge in [0, 0.05) is 12.5 Å². The van der Waals surface area contributed by atoms with E-state index in [1.165, 1.54) is 7.11 Å². The molecule has 0 aromatic rings. The lowest BCUT2D eigenvalue weighted by molar-refractivity contribution is -0.141. The van der Waals surface area contributed by atoms with Gasteiger partial charge in [-0.1, -0.05) is 0 Å². The van der Waals surface area contributed by atoms with Gasteiger partial charge in [-0.15, -0.1) is 0 Å². The van der Waals surface area contributed by atoms with Gasteiger partial charge in [0.05, 0.1) is 13.5 Å². The predicted octanol–water partition coefficient (Wildman–Crippen LogP) is 1.03. The van der Waals surface area contributed by atoms with E-state index in [0.29, 0.717) is 6.29 Å². The highest BCUT2D eigenvalue weighted by molar-refractivity contribution is 5.73. The molecule has 6 heteroatoms. The Morgan fingerprint density at radius 1 is 1.35 bits per heavy atom. The average molecular weight is 245 g/mol. The number of alkyl carbamates (subject to hydrolysis) is 1. The SMILES string of the molecule is COC(=O)C[C@H](CC=O)NC(=O)OC(C)(C)C. The van der Waals surface area contributed by atoms with Gasteiger partial charge in [0.15, 0.2) is 0 Å². The third-order valence-electron chi connectivity index (χ3n) is 1.74. The molecule has 0 aromatic heterocycles. The zero-order valence-electron chi connectivity index (χ0n) is 10.6. The van der Waals surface area contributed by atoms with Crippen LogP contribution >= 0.6 is 0 Å². The molecule has 6 nitrogen and oxygen atoms in total. The molecule has 0 saturated heterocycles. The number of hydrogen-bond acceptors (Lipinski definition) is 5. The minimum Gasteiger partial charge on any atom is -0.469 e. The number of ether oxygens (including phenoxy) is 2. The highest BCUT2D eigenvalue weighted by Crippen LogP contribution is 2.08. The van der Waals surface area contributed by atoms with Crippen molar-refractivity contribution in [1.29, 1.82) is 0 Å². The first-order chi connectivity index (χ1) is 7.78. The number of methoxy groups -OCH3 is 1. The lowest BCUT2D eigenvalue weighted by Gasteiger charge is -2.22. The van der Waals surface area contributed by atoms with Crippen molar-refractivity contribution < 1.29 is 23.9 Å². The molecule has 0 bridgehead atoms. The monoisotopic (exact) mass is 245 g/mol. The van der Waals surface area contributed by atoms with Crippen LogP contribution in [-0.2, 0) is 19.1 Å². The third-order valence-corrected chi connectivity index (χ3v) is 1.74. The van der Waals surface area contributed by atoms with Gasteiger partial charge in [-0.3, -0.25) is 4.79 Å². The number of carbonyl (C=O) groups excluding carboxylic acids is 3. The van der Waals surface area contributed by atoms with Crippen LogP contribution in [0.2, 0.25) is 0 Å². The van der Waals surface area contributed by atoms with Gasteiger partial charge in [0.2, 0.25) is 0 Å². The summed E-state index contributed by atoms with van der Waals surface area (Å²) in [5.41, 5.74) is -0.624.